The Morgan fingerprint density at radius 1 is 1.04 bits per heavy atom. The largest absolute Gasteiger partial charge is 0.492 e. The van der Waals surface area contributed by atoms with Crippen molar-refractivity contribution in [1.82, 2.24) is 4.90 Å². The molecule has 2 aromatic carbocycles. The smallest absolute Gasteiger partial charge is 0.133 e. The van der Waals surface area contributed by atoms with Gasteiger partial charge in [-0.3, -0.25) is 4.90 Å². The zero-order chi connectivity index (χ0) is 18.4. The van der Waals surface area contributed by atoms with Crippen molar-refractivity contribution in [3.05, 3.63) is 52.5 Å². The van der Waals surface area contributed by atoms with Crippen molar-refractivity contribution in [3.8, 4) is 5.75 Å². The molecule has 0 spiro atoms. The lowest BCUT2D eigenvalue weighted by Crippen LogP contribution is -2.31. The van der Waals surface area contributed by atoms with E-state index in [1.54, 1.807) is 11.8 Å². The maximum Gasteiger partial charge on any atom is 0.133 e. The minimum atomic E-state index is 0.0988. The monoisotopic (exact) mass is 393 g/mol. The molecule has 0 saturated heterocycles. The van der Waals surface area contributed by atoms with Crippen LogP contribution in [-0.2, 0) is 6.42 Å². The molecule has 0 unspecified atom stereocenters. The van der Waals surface area contributed by atoms with Gasteiger partial charge in [-0.1, -0.05) is 41.6 Å². The lowest BCUT2D eigenvalue weighted by Gasteiger charge is -2.23. The standard InChI is InChI=1S/C20H24ClNO3S/c21-17-6-7-18(25-13-3-8-22(9-11-23)10-12-24)20-16(17)14-15-4-1-2-5-19(15)26-20/h1-2,4-7,23-24H,3,8-14H2. The first-order valence-electron chi connectivity index (χ1n) is 8.87. The average Bonchev–Trinajstić information content (AvgIpc) is 2.66. The number of hydrogen-bond acceptors (Lipinski definition) is 5. The molecule has 1 aliphatic rings. The van der Waals surface area contributed by atoms with E-state index < -0.39 is 0 Å². The third-order valence-corrected chi connectivity index (χ3v) is 6.05. The molecule has 4 nitrogen and oxygen atoms in total. The molecule has 0 fully saturated rings. The number of halogens is 1. The normalized spacial score (nSPS) is 12.8. The lowest BCUT2D eigenvalue weighted by molar-refractivity contribution is 0.152. The molecule has 0 atom stereocenters. The highest BCUT2D eigenvalue weighted by Crippen LogP contribution is 2.46. The lowest BCUT2D eigenvalue weighted by atomic mass is 10.0. The van der Waals surface area contributed by atoms with Gasteiger partial charge in [-0.2, -0.15) is 0 Å². The van der Waals surface area contributed by atoms with E-state index in [2.05, 4.69) is 24.3 Å². The summed E-state index contributed by atoms with van der Waals surface area (Å²) in [6, 6.07) is 12.2. The van der Waals surface area contributed by atoms with Crippen LogP contribution in [0.5, 0.6) is 5.75 Å². The summed E-state index contributed by atoms with van der Waals surface area (Å²) in [6.45, 7) is 2.72. The second kappa shape index (κ2) is 9.62. The van der Waals surface area contributed by atoms with Gasteiger partial charge in [-0.25, -0.2) is 0 Å². The first kappa shape index (κ1) is 19.5. The fourth-order valence-electron chi connectivity index (χ4n) is 3.11. The molecule has 0 aliphatic carbocycles. The van der Waals surface area contributed by atoms with Gasteiger partial charge in [-0.05, 0) is 35.7 Å². The predicted molar refractivity (Wildman–Crippen MR) is 106 cm³/mol. The van der Waals surface area contributed by atoms with Gasteiger partial charge in [0.1, 0.15) is 5.75 Å². The Balaban J connectivity index is 1.63. The molecule has 0 radical (unpaired) electrons. The first-order valence-corrected chi connectivity index (χ1v) is 10.1. The van der Waals surface area contributed by atoms with Crippen LogP contribution in [0.4, 0.5) is 0 Å². The third kappa shape index (κ3) is 4.72. The zero-order valence-corrected chi connectivity index (χ0v) is 16.2. The minimum Gasteiger partial charge on any atom is -0.492 e. The Labute approximate surface area is 163 Å². The molecule has 0 aromatic heterocycles. The number of aliphatic hydroxyl groups excluding tert-OH is 2. The van der Waals surface area contributed by atoms with Gasteiger partial charge in [0, 0.05) is 36.0 Å². The maximum atomic E-state index is 9.07. The number of benzene rings is 2. The number of hydrogen-bond donors (Lipinski definition) is 2. The molecule has 0 bridgehead atoms. The molecule has 1 aliphatic heterocycles. The van der Waals surface area contributed by atoms with E-state index >= 15 is 0 Å². The molecule has 0 saturated carbocycles. The van der Waals surface area contributed by atoms with Gasteiger partial charge in [0.2, 0.25) is 0 Å². The number of fused-ring (bicyclic) bond motifs is 2. The molecular formula is C20H24ClNO3S. The van der Waals surface area contributed by atoms with Crippen LogP contribution in [0.15, 0.2) is 46.2 Å². The van der Waals surface area contributed by atoms with Crippen LogP contribution in [0.25, 0.3) is 0 Å². The van der Waals surface area contributed by atoms with Gasteiger partial charge < -0.3 is 14.9 Å². The SMILES string of the molecule is OCCN(CCO)CCCOc1ccc(Cl)c2c1Sc1ccccc1C2. The highest BCUT2D eigenvalue weighted by Gasteiger charge is 2.22. The summed E-state index contributed by atoms with van der Waals surface area (Å²) in [7, 11) is 0. The van der Waals surface area contributed by atoms with Gasteiger partial charge in [0.05, 0.1) is 24.7 Å². The second-order valence-corrected chi connectivity index (χ2v) is 7.69. The summed E-state index contributed by atoms with van der Waals surface area (Å²) < 4.78 is 6.05. The Morgan fingerprint density at radius 2 is 1.81 bits per heavy atom. The Morgan fingerprint density at radius 3 is 2.58 bits per heavy atom. The van der Waals surface area contributed by atoms with E-state index in [-0.39, 0.29) is 13.2 Å². The van der Waals surface area contributed by atoms with Crippen LogP contribution >= 0.6 is 23.4 Å². The van der Waals surface area contributed by atoms with E-state index in [1.807, 2.05) is 17.0 Å². The van der Waals surface area contributed by atoms with Crippen LogP contribution < -0.4 is 4.74 Å². The van der Waals surface area contributed by atoms with Gasteiger partial charge in [-0.15, -0.1) is 0 Å². The summed E-state index contributed by atoms with van der Waals surface area (Å²) in [5.74, 6) is 0.875. The number of ether oxygens (including phenoxy) is 1. The molecule has 6 heteroatoms. The quantitative estimate of drug-likeness (QED) is 0.545. The summed E-state index contributed by atoms with van der Waals surface area (Å²) in [4.78, 5) is 4.40. The molecule has 0 amide bonds. The van der Waals surface area contributed by atoms with E-state index in [1.165, 1.54) is 10.5 Å². The average molecular weight is 394 g/mol. The highest BCUT2D eigenvalue weighted by molar-refractivity contribution is 7.99. The Hall–Kier alpha value is -1.24. The minimum absolute atomic E-state index is 0.0988. The number of aliphatic hydroxyl groups is 2. The van der Waals surface area contributed by atoms with Crippen LogP contribution in [0.1, 0.15) is 17.5 Å². The summed E-state index contributed by atoms with van der Waals surface area (Å²) in [5.41, 5.74) is 2.43. The van der Waals surface area contributed by atoms with Crippen molar-refractivity contribution in [1.29, 1.82) is 0 Å². The molecule has 26 heavy (non-hydrogen) atoms. The van der Waals surface area contributed by atoms with Crippen molar-refractivity contribution < 1.29 is 14.9 Å². The van der Waals surface area contributed by atoms with Crippen molar-refractivity contribution >= 4 is 23.4 Å². The van der Waals surface area contributed by atoms with E-state index in [9.17, 15) is 0 Å². The topological polar surface area (TPSA) is 52.9 Å². The van der Waals surface area contributed by atoms with Gasteiger partial charge >= 0.3 is 0 Å². The molecule has 2 N–H and O–H groups in total. The second-order valence-electron chi connectivity index (χ2n) is 6.23. The van der Waals surface area contributed by atoms with E-state index in [0.717, 1.165) is 40.6 Å². The van der Waals surface area contributed by atoms with Gasteiger partial charge in [0.15, 0.2) is 0 Å². The fourth-order valence-corrected chi connectivity index (χ4v) is 4.56. The summed E-state index contributed by atoms with van der Waals surface area (Å²) >= 11 is 8.15. The highest BCUT2D eigenvalue weighted by atomic mass is 35.5. The van der Waals surface area contributed by atoms with Crippen molar-refractivity contribution in [2.24, 2.45) is 0 Å². The molecule has 2 aromatic rings. The molecular weight excluding hydrogens is 370 g/mol. The molecule has 3 rings (SSSR count). The fraction of sp³-hybridized carbons (Fsp3) is 0.400. The van der Waals surface area contributed by atoms with Crippen LogP contribution in [-0.4, -0.2) is 54.6 Å². The first-order chi connectivity index (χ1) is 12.7. The Bertz CT molecular complexity index is 735. The molecule has 1 heterocycles. The van der Waals surface area contributed by atoms with Crippen molar-refractivity contribution in [2.75, 3.05) is 39.5 Å². The zero-order valence-electron chi connectivity index (χ0n) is 14.7. The number of rotatable bonds is 9. The van der Waals surface area contributed by atoms with E-state index in [4.69, 9.17) is 26.6 Å². The van der Waals surface area contributed by atoms with Crippen molar-refractivity contribution in [2.45, 2.75) is 22.6 Å². The van der Waals surface area contributed by atoms with Crippen LogP contribution in [0.2, 0.25) is 5.02 Å². The summed E-state index contributed by atoms with van der Waals surface area (Å²) in [5, 5.41) is 18.9. The Kier molecular flexibility index (Phi) is 7.23. The van der Waals surface area contributed by atoms with Crippen LogP contribution in [0, 0.1) is 0 Å². The third-order valence-electron chi connectivity index (χ3n) is 4.43. The maximum absolute atomic E-state index is 9.07. The molecule has 140 valence electrons. The summed E-state index contributed by atoms with van der Waals surface area (Å²) in [6.07, 6.45) is 1.66. The number of nitrogens with zero attached hydrogens (tertiary/aromatic N) is 1. The van der Waals surface area contributed by atoms with Crippen molar-refractivity contribution in [3.63, 3.8) is 0 Å². The predicted octanol–water partition coefficient (Wildman–Crippen LogP) is 3.45. The van der Waals surface area contributed by atoms with Gasteiger partial charge in [0.25, 0.3) is 0 Å². The van der Waals surface area contributed by atoms with E-state index in [0.29, 0.717) is 19.7 Å². The van der Waals surface area contributed by atoms with Crippen LogP contribution in [0.3, 0.4) is 0 Å².